The van der Waals surface area contributed by atoms with E-state index in [2.05, 4.69) is 5.32 Å². The fourth-order valence-corrected chi connectivity index (χ4v) is 3.35. The lowest BCUT2D eigenvalue weighted by molar-refractivity contribution is 0.104. The van der Waals surface area contributed by atoms with Gasteiger partial charge in [-0.1, -0.05) is 0 Å². The Morgan fingerprint density at radius 3 is 2.34 bits per heavy atom. The Bertz CT molecular complexity index is 920. The van der Waals surface area contributed by atoms with Crippen molar-refractivity contribution in [1.82, 2.24) is 5.32 Å². The van der Waals surface area contributed by atoms with E-state index in [0.29, 0.717) is 41.8 Å². The molecule has 1 aliphatic heterocycles. The average Bonchev–Trinajstić information content (AvgIpc) is 2.74. The zero-order valence-corrected chi connectivity index (χ0v) is 17.3. The number of rotatable bonds is 8. The third-order valence-corrected chi connectivity index (χ3v) is 4.71. The van der Waals surface area contributed by atoms with Gasteiger partial charge in [-0.3, -0.25) is 4.79 Å². The third kappa shape index (κ3) is 4.47. The molecule has 0 radical (unpaired) electrons. The first-order chi connectivity index (χ1) is 14.1. The van der Waals surface area contributed by atoms with Crippen molar-refractivity contribution in [2.24, 2.45) is 0 Å². The van der Waals surface area contributed by atoms with E-state index in [4.69, 9.17) is 18.9 Å². The van der Waals surface area contributed by atoms with Crippen LogP contribution in [-0.4, -0.2) is 39.8 Å². The van der Waals surface area contributed by atoms with Crippen molar-refractivity contribution in [1.29, 1.82) is 0 Å². The summed E-state index contributed by atoms with van der Waals surface area (Å²) >= 11 is 0. The zero-order valence-electron chi connectivity index (χ0n) is 17.3. The Balaban J connectivity index is 1.95. The fraction of sp³-hybridized carbons (Fsp3) is 0.348. The van der Waals surface area contributed by atoms with Crippen LogP contribution in [-0.2, 0) is 6.42 Å². The highest BCUT2D eigenvalue weighted by Gasteiger charge is 2.19. The lowest BCUT2D eigenvalue weighted by Crippen LogP contribution is -2.23. The van der Waals surface area contributed by atoms with Gasteiger partial charge in [0.05, 0.1) is 27.4 Å². The van der Waals surface area contributed by atoms with E-state index in [1.54, 1.807) is 38.5 Å². The van der Waals surface area contributed by atoms with Crippen LogP contribution in [0, 0.1) is 0 Å². The summed E-state index contributed by atoms with van der Waals surface area (Å²) in [4.78, 5) is 13.0. The van der Waals surface area contributed by atoms with E-state index < -0.39 is 0 Å². The summed E-state index contributed by atoms with van der Waals surface area (Å²) in [5, 5.41) is 3.32. The van der Waals surface area contributed by atoms with Crippen molar-refractivity contribution < 1.29 is 23.7 Å². The minimum absolute atomic E-state index is 0.112. The number of hydrogen-bond acceptors (Lipinski definition) is 6. The van der Waals surface area contributed by atoms with Gasteiger partial charge in [0.2, 0.25) is 0 Å². The summed E-state index contributed by atoms with van der Waals surface area (Å²) in [5.41, 5.74) is 3.36. The van der Waals surface area contributed by atoms with Gasteiger partial charge >= 0.3 is 0 Å². The highest BCUT2D eigenvalue weighted by molar-refractivity contribution is 6.09. The van der Waals surface area contributed by atoms with Gasteiger partial charge in [-0.15, -0.1) is 0 Å². The maximum atomic E-state index is 13.0. The Labute approximate surface area is 171 Å². The van der Waals surface area contributed by atoms with Crippen LogP contribution in [0.4, 0.5) is 0 Å². The van der Waals surface area contributed by atoms with Crippen LogP contribution in [0.25, 0.3) is 5.70 Å². The van der Waals surface area contributed by atoms with Gasteiger partial charge in [0.25, 0.3) is 0 Å². The Morgan fingerprint density at radius 2 is 1.66 bits per heavy atom. The van der Waals surface area contributed by atoms with Gasteiger partial charge < -0.3 is 24.3 Å². The molecule has 1 heterocycles. The molecule has 6 heteroatoms. The summed E-state index contributed by atoms with van der Waals surface area (Å²) in [7, 11) is 3.22. The number of ketones is 1. The first kappa shape index (κ1) is 20.6. The Kier molecular flexibility index (Phi) is 6.65. The predicted molar refractivity (Wildman–Crippen MR) is 112 cm³/mol. The molecule has 0 aromatic heterocycles. The molecule has 3 rings (SSSR count). The number of benzene rings is 2. The summed E-state index contributed by atoms with van der Waals surface area (Å²) in [6, 6.07) is 9.13. The first-order valence-electron chi connectivity index (χ1n) is 9.76. The van der Waals surface area contributed by atoms with Gasteiger partial charge in [0, 0.05) is 29.4 Å². The topological polar surface area (TPSA) is 66.0 Å². The SMILES string of the molecule is CCOc1ccc(C(=O)/C=C2\NCCc3cc(OC)c(OC)cc32)cc1OCC. The zero-order chi connectivity index (χ0) is 20.8. The van der Waals surface area contributed by atoms with Crippen LogP contribution >= 0.6 is 0 Å². The van der Waals surface area contributed by atoms with Crippen molar-refractivity contribution in [3.05, 3.63) is 53.1 Å². The van der Waals surface area contributed by atoms with Crippen LogP contribution in [0.5, 0.6) is 23.0 Å². The Morgan fingerprint density at radius 1 is 0.966 bits per heavy atom. The maximum absolute atomic E-state index is 13.0. The second-order valence-electron chi connectivity index (χ2n) is 6.49. The predicted octanol–water partition coefficient (Wildman–Crippen LogP) is 3.87. The van der Waals surface area contributed by atoms with E-state index in [1.165, 1.54) is 0 Å². The molecule has 1 N–H and O–H groups in total. The van der Waals surface area contributed by atoms with E-state index in [0.717, 1.165) is 29.8 Å². The summed E-state index contributed by atoms with van der Waals surface area (Å²) in [6.07, 6.45) is 2.47. The van der Waals surface area contributed by atoms with E-state index in [9.17, 15) is 4.79 Å². The maximum Gasteiger partial charge on any atom is 0.188 e. The largest absolute Gasteiger partial charge is 0.493 e. The molecule has 0 spiro atoms. The van der Waals surface area contributed by atoms with Gasteiger partial charge in [0.15, 0.2) is 28.8 Å². The molecule has 0 saturated carbocycles. The van der Waals surface area contributed by atoms with Crippen LogP contribution in [0.15, 0.2) is 36.4 Å². The number of carbonyl (C=O) groups is 1. The average molecular weight is 397 g/mol. The quantitative estimate of drug-likeness (QED) is 0.539. The van der Waals surface area contributed by atoms with Crippen LogP contribution in [0.3, 0.4) is 0 Å². The molecule has 2 aromatic rings. The van der Waals surface area contributed by atoms with Crippen LogP contribution in [0.1, 0.15) is 35.3 Å². The minimum Gasteiger partial charge on any atom is -0.493 e. The van der Waals surface area contributed by atoms with E-state index in [-0.39, 0.29) is 5.78 Å². The number of fused-ring (bicyclic) bond motifs is 1. The molecule has 0 atom stereocenters. The molecule has 0 bridgehead atoms. The molecular formula is C23H27NO5. The minimum atomic E-state index is -0.112. The van der Waals surface area contributed by atoms with Crippen molar-refractivity contribution in [3.63, 3.8) is 0 Å². The molecule has 0 fully saturated rings. The van der Waals surface area contributed by atoms with Gasteiger partial charge in [-0.2, -0.15) is 0 Å². The second kappa shape index (κ2) is 9.37. The number of carbonyl (C=O) groups excluding carboxylic acids is 1. The summed E-state index contributed by atoms with van der Waals surface area (Å²) in [5.74, 6) is 2.41. The number of ether oxygens (including phenoxy) is 4. The molecule has 0 amide bonds. The highest BCUT2D eigenvalue weighted by atomic mass is 16.5. The lowest BCUT2D eigenvalue weighted by Gasteiger charge is -2.23. The summed E-state index contributed by atoms with van der Waals surface area (Å²) in [6.45, 7) is 5.58. The molecule has 154 valence electrons. The van der Waals surface area contributed by atoms with Gasteiger partial charge in [0.1, 0.15) is 0 Å². The second-order valence-corrected chi connectivity index (χ2v) is 6.49. The van der Waals surface area contributed by atoms with Gasteiger partial charge in [-0.05, 0) is 56.2 Å². The fourth-order valence-electron chi connectivity index (χ4n) is 3.35. The van der Waals surface area contributed by atoms with E-state index >= 15 is 0 Å². The monoisotopic (exact) mass is 397 g/mol. The molecule has 2 aromatic carbocycles. The molecule has 6 nitrogen and oxygen atoms in total. The van der Waals surface area contributed by atoms with Crippen molar-refractivity contribution >= 4 is 11.5 Å². The molecule has 29 heavy (non-hydrogen) atoms. The van der Waals surface area contributed by atoms with Gasteiger partial charge in [-0.25, -0.2) is 0 Å². The van der Waals surface area contributed by atoms with E-state index in [1.807, 2.05) is 26.0 Å². The number of allylic oxidation sites excluding steroid dienone is 1. The highest BCUT2D eigenvalue weighted by Crippen LogP contribution is 2.35. The third-order valence-electron chi connectivity index (χ3n) is 4.71. The molecular weight excluding hydrogens is 370 g/mol. The number of nitrogens with one attached hydrogen (secondary N) is 1. The van der Waals surface area contributed by atoms with Crippen LogP contribution in [0.2, 0.25) is 0 Å². The first-order valence-corrected chi connectivity index (χ1v) is 9.76. The van der Waals surface area contributed by atoms with Crippen molar-refractivity contribution in [3.8, 4) is 23.0 Å². The molecule has 0 unspecified atom stereocenters. The van der Waals surface area contributed by atoms with Crippen molar-refractivity contribution in [2.45, 2.75) is 20.3 Å². The van der Waals surface area contributed by atoms with Crippen molar-refractivity contribution in [2.75, 3.05) is 34.0 Å². The normalized spacial score (nSPS) is 14.0. The molecule has 0 aliphatic carbocycles. The lowest BCUT2D eigenvalue weighted by atomic mass is 9.95. The number of hydrogen-bond donors (Lipinski definition) is 1. The smallest absolute Gasteiger partial charge is 0.188 e. The van der Waals surface area contributed by atoms with Crippen LogP contribution < -0.4 is 24.3 Å². The summed E-state index contributed by atoms with van der Waals surface area (Å²) < 4.78 is 22.0. The number of methoxy groups -OCH3 is 2. The standard InChI is InChI=1S/C23H27NO5/c1-5-28-20-8-7-16(12-23(20)29-6-2)19(25)14-18-17-13-22(27-4)21(26-3)11-15(17)9-10-24-18/h7-8,11-14,24H,5-6,9-10H2,1-4H3/b18-14-. The molecule has 0 saturated heterocycles. The Hall–Kier alpha value is -3.15. The molecule has 1 aliphatic rings.